The summed E-state index contributed by atoms with van der Waals surface area (Å²) in [4.78, 5) is 0. The minimum Gasteiger partial charge on any atom is -0.206 e. The van der Waals surface area contributed by atoms with E-state index in [-0.39, 0.29) is 11.4 Å². The van der Waals surface area contributed by atoms with Crippen molar-refractivity contribution in [1.29, 1.82) is 0 Å². The van der Waals surface area contributed by atoms with Crippen molar-refractivity contribution in [3.8, 4) is 22.3 Å². The molecule has 2 aliphatic carbocycles. The standard InChI is InChI=1S/C37H41F3/c1-3-5-7-25-8-10-26(11-9-25)27-12-16-29(17-13-27)33-22-21-32(24-35(33)38)28-14-18-30(19-15-28)34-23-20-31(6-4-2)36(39)37(34)40/h3,14-16,18-27H,1,4-13,17H2,2H3. The van der Waals surface area contributed by atoms with Crippen molar-refractivity contribution < 1.29 is 13.2 Å². The number of allylic oxidation sites excluding steroid dienone is 3. The smallest absolute Gasteiger partial charge is 0.166 e. The lowest BCUT2D eigenvalue weighted by atomic mass is 9.70. The summed E-state index contributed by atoms with van der Waals surface area (Å²) in [6, 6.07) is 16.0. The van der Waals surface area contributed by atoms with Crippen LogP contribution in [-0.4, -0.2) is 0 Å². The van der Waals surface area contributed by atoms with Crippen LogP contribution in [0.4, 0.5) is 13.2 Å². The first-order valence-corrected chi connectivity index (χ1v) is 15.2. The van der Waals surface area contributed by atoms with Gasteiger partial charge in [-0.1, -0.05) is 86.9 Å². The van der Waals surface area contributed by atoms with Crippen LogP contribution < -0.4 is 0 Å². The van der Waals surface area contributed by atoms with E-state index in [1.807, 2.05) is 37.3 Å². The Morgan fingerprint density at radius 3 is 2.12 bits per heavy atom. The van der Waals surface area contributed by atoms with Crippen molar-refractivity contribution in [2.24, 2.45) is 17.8 Å². The average molecular weight is 543 g/mol. The first-order chi connectivity index (χ1) is 19.5. The topological polar surface area (TPSA) is 0 Å². The van der Waals surface area contributed by atoms with E-state index < -0.39 is 11.6 Å². The summed E-state index contributed by atoms with van der Waals surface area (Å²) in [5.74, 6) is 0.630. The number of rotatable bonds is 9. The van der Waals surface area contributed by atoms with Gasteiger partial charge >= 0.3 is 0 Å². The molecule has 40 heavy (non-hydrogen) atoms. The molecule has 1 unspecified atom stereocenters. The number of aryl methyl sites for hydroxylation is 1. The van der Waals surface area contributed by atoms with Gasteiger partial charge in [-0.05, 0) is 103 Å². The Morgan fingerprint density at radius 2 is 1.48 bits per heavy atom. The van der Waals surface area contributed by atoms with Gasteiger partial charge in [0.1, 0.15) is 5.82 Å². The SMILES string of the molecule is C=CCCC1CCC(C2CC=C(c3ccc(-c4ccc(-c5ccc(CCC)c(F)c5F)cc4)cc3F)CC2)CC1. The maximum absolute atomic E-state index is 15.3. The summed E-state index contributed by atoms with van der Waals surface area (Å²) in [7, 11) is 0. The highest BCUT2D eigenvalue weighted by molar-refractivity contribution is 5.74. The van der Waals surface area contributed by atoms with Gasteiger partial charge in [0.25, 0.3) is 0 Å². The molecule has 2 aliphatic rings. The summed E-state index contributed by atoms with van der Waals surface area (Å²) in [6.45, 7) is 5.81. The van der Waals surface area contributed by atoms with Crippen molar-refractivity contribution in [3.63, 3.8) is 0 Å². The fraction of sp³-hybridized carbons (Fsp3) is 0.405. The molecule has 0 spiro atoms. The van der Waals surface area contributed by atoms with Crippen LogP contribution in [0.15, 0.2) is 73.3 Å². The molecule has 0 aromatic heterocycles. The van der Waals surface area contributed by atoms with Gasteiger partial charge in [0.15, 0.2) is 11.6 Å². The Bertz CT molecular complexity index is 1340. The van der Waals surface area contributed by atoms with Crippen molar-refractivity contribution in [2.45, 2.75) is 77.6 Å². The van der Waals surface area contributed by atoms with Gasteiger partial charge in [-0.15, -0.1) is 6.58 Å². The van der Waals surface area contributed by atoms with Crippen LogP contribution in [0, 0.1) is 35.2 Å². The van der Waals surface area contributed by atoms with Crippen LogP contribution in [0.5, 0.6) is 0 Å². The Morgan fingerprint density at radius 1 is 0.775 bits per heavy atom. The monoisotopic (exact) mass is 542 g/mol. The molecule has 0 aliphatic heterocycles. The van der Waals surface area contributed by atoms with Gasteiger partial charge in [-0.3, -0.25) is 0 Å². The zero-order chi connectivity index (χ0) is 28.1. The molecule has 210 valence electrons. The van der Waals surface area contributed by atoms with E-state index in [9.17, 15) is 8.78 Å². The Balaban J connectivity index is 1.23. The highest BCUT2D eigenvalue weighted by Gasteiger charge is 2.29. The van der Waals surface area contributed by atoms with Crippen molar-refractivity contribution in [3.05, 3.63) is 102 Å². The molecule has 3 aromatic carbocycles. The summed E-state index contributed by atoms with van der Waals surface area (Å²) in [5.41, 5.74) is 4.71. The zero-order valence-corrected chi connectivity index (χ0v) is 23.7. The van der Waals surface area contributed by atoms with Gasteiger partial charge in [0.2, 0.25) is 0 Å². The van der Waals surface area contributed by atoms with E-state index in [4.69, 9.17) is 0 Å². The molecule has 0 heterocycles. The van der Waals surface area contributed by atoms with Crippen LogP contribution in [-0.2, 0) is 6.42 Å². The first kappa shape index (κ1) is 28.5. The molecule has 0 nitrogen and oxygen atoms in total. The maximum atomic E-state index is 15.3. The maximum Gasteiger partial charge on any atom is 0.166 e. The lowest BCUT2D eigenvalue weighted by Gasteiger charge is -2.35. The predicted octanol–water partition coefficient (Wildman–Crippen LogP) is 11.3. The highest BCUT2D eigenvalue weighted by Crippen LogP contribution is 2.42. The third-order valence-electron chi connectivity index (χ3n) is 9.31. The van der Waals surface area contributed by atoms with E-state index >= 15 is 4.39 Å². The minimum absolute atomic E-state index is 0.200. The van der Waals surface area contributed by atoms with Crippen LogP contribution >= 0.6 is 0 Å². The summed E-state index contributed by atoms with van der Waals surface area (Å²) >= 11 is 0. The van der Waals surface area contributed by atoms with E-state index in [2.05, 4.69) is 12.7 Å². The number of hydrogen-bond donors (Lipinski definition) is 0. The number of hydrogen-bond acceptors (Lipinski definition) is 0. The Kier molecular flexibility index (Phi) is 9.29. The summed E-state index contributed by atoms with van der Waals surface area (Å²) in [6.07, 6.45) is 16.5. The lowest BCUT2D eigenvalue weighted by Crippen LogP contribution is -2.23. The quantitative estimate of drug-likeness (QED) is 0.236. The Labute approximate surface area is 238 Å². The molecular weight excluding hydrogens is 501 g/mol. The molecular formula is C37H41F3. The van der Waals surface area contributed by atoms with Crippen molar-refractivity contribution in [1.82, 2.24) is 0 Å². The van der Waals surface area contributed by atoms with Crippen LogP contribution in [0.3, 0.4) is 0 Å². The molecule has 1 fully saturated rings. The lowest BCUT2D eigenvalue weighted by molar-refractivity contribution is 0.190. The van der Waals surface area contributed by atoms with Gasteiger partial charge in [-0.2, -0.15) is 0 Å². The highest BCUT2D eigenvalue weighted by atomic mass is 19.2. The van der Waals surface area contributed by atoms with Gasteiger partial charge in [0.05, 0.1) is 0 Å². The van der Waals surface area contributed by atoms with Gasteiger partial charge in [0, 0.05) is 11.1 Å². The molecule has 5 rings (SSSR count). The minimum atomic E-state index is -0.812. The van der Waals surface area contributed by atoms with E-state index in [0.717, 1.165) is 66.6 Å². The van der Waals surface area contributed by atoms with Crippen LogP contribution in [0.25, 0.3) is 27.8 Å². The molecule has 1 atom stereocenters. The normalized spacial score (nSPS) is 21.2. The fourth-order valence-electron chi connectivity index (χ4n) is 6.90. The second kappa shape index (κ2) is 13.1. The zero-order valence-electron chi connectivity index (χ0n) is 23.7. The van der Waals surface area contributed by atoms with E-state index in [1.165, 1.54) is 32.1 Å². The van der Waals surface area contributed by atoms with E-state index in [1.54, 1.807) is 30.3 Å². The van der Waals surface area contributed by atoms with Crippen LogP contribution in [0.1, 0.15) is 82.3 Å². The predicted molar refractivity (Wildman–Crippen MR) is 161 cm³/mol. The second-order valence-electron chi connectivity index (χ2n) is 11.8. The number of halogens is 3. The molecule has 1 saturated carbocycles. The molecule has 0 radical (unpaired) electrons. The summed E-state index contributed by atoms with van der Waals surface area (Å²) in [5, 5.41) is 0. The Hall–Kier alpha value is -3.07. The number of benzene rings is 3. The third-order valence-corrected chi connectivity index (χ3v) is 9.31. The van der Waals surface area contributed by atoms with Crippen molar-refractivity contribution in [2.75, 3.05) is 0 Å². The van der Waals surface area contributed by atoms with E-state index in [0.29, 0.717) is 23.1 Å². The molecule has 0 bridgehead atoms. The third kappa shape index (κ3) is 6.29. The molecule has 0 saturated heterocycles. The molecule has 0 amide bonds. The fourth-order valence-corrected chi connectivity index (χ4v) is 6.90. The van der Waals surface area contributed by atoms with Gasteiger partial charge < -0.3 is 0 Å². The van der Waals surface area contributed by atoms with Gasteiger partial charge in [-0.25, -0.2) is 13.2 Å². The largest absolute Gasteiger partial charge is 0.206 e. The second-order valence-corrected chi connectivity index (χ2v) is 11.8. The summed E-state index contributed by atoms with van der Waals surface area (Å²) < 4.78 is 44.5. The first-order valence-electron chi connectivity index (χ1n) is 15.2. The molecule has 3 heteroatoms. The average Bonchev–Trinajstić information content (AvgIpc) is 2.99. The van der Waals surface area contributed by atoms with Crippen LogP contribution in [0.2, 0.25) is 0 Å². The molecule has 3 aromatic rings. The molecule has 0 N–H and O–H groups in total. The van der Waals surface area contributed by atoms with Crippen molar-refractivity contribution >= 4 is 5.57 Å².